The number of methoxy groups -OCH3 is 1. The second-order valence-corrected chi connectivity index (χ2v) is 9.39. The van der Waals surface area contributed by atoms with Gasteiger partial charge in [-0.1, -0.05) is 84.5 Å². The number of aromatic hydroxyl groups is 2. The van der Waals surface area contributed by atoms with Crippen LogP contribution in [-0.2, 0) is 16.0 Å². The minimum Gasteiger partial charge on any atom is -0.505 e. The van der Waals surface area contributed by atoms with Gasteiger partial charge in [-0.05, 0) is 32.6 Å². The zero-order valence-electron chi connectivity index (χ0n) is 22.7. The molecule has 0 fully saturated rings. The molecule has 6 nitrogen and oxygen atoms in total. The molecule has 35 heavy (non-hydrogen) atoms. The predicted octanol–water partition coefficient (Wildman–Crippen LogP) is 8.09. The number of phenols is 2. The molecule has 0 amide bonds. The van der Waals surface area contributed by atoms with Crippen LogP contribution in [0.4, 0.5) is 5.69 Å². The molecule has 0 aliphatic heterocycles. The van der Waals surface area contributed by atoms with Crippen molar-refractivity contribution in [2.75, 3.05) is 13.7 Å². The van der Waals surface area contributed by atoms with Crippen LogP contribution >= 0.6 is 0 Å². The van der Waals surface area contributed by atoms with Gasteiger partial charge in [-0.2, -0.15) is 0 Å². The summed E-state index contributed by atoms with van der Waals surface area (Å²) in [6.07, 6.45) is 18.4. The van der Waals surface area contributed by atoms with Gasteiger partial charge in [0.2, 0.25) is 0 Å². The molecule has 0 radical (unpaired) electrons. The van der Waals surface area contributed by atoms with Gasteiger partial charge >= 0.3 is 5.97 Å². The number of rotatable bonds is 20. The maximum atomic E-state index is 11.7. The second kappa shape index (κ2) is 19.0. The molecule has 1 aromatic carbocycles. The van der Waals surface area contributed by atoms with Crippen LogP contribution in [0.15, 0.2) is 4.99 Å². The van der Waals surface area contributed by atoms with Crippen molar-refractivity contribution < 1.29 is 24.5 Å². The van der Waals surface area contributed by atoms with Crippen LogP contribution in [-0.4, -0.2) is 36.1 Å². The Balaban J connectivity index is 2.57. The Morgan fingerprint density at radius 3 is 2.00 bits per heavy atom. The van der Waals surface area contributed by atoms with Crippen molar-refractivity contribution in [3.63, 3.8) is 0 Å². The summed E-state index contributed by atoms with van der Waals surface area (Å²) in [6.45, 7) is 6.44. The fraction of sp³-hybridized carbons (Fsp3) is 0.724. The van der Waals surface area contributed by atoms with E-state index in [0.717, 1.165) is 25.7 Å². The van der Waals surface area contributed by atoms with Crippen LogP contribution in [0.3, 0.4) is 0 Å². The molecule has 200 valence electrons. The van der Waals surface area contributed by atoms with E-state index in [-0.39, 0.29) is 23.9 Å². The van der Waals surface area contributed by atoms with Gasteiger partial charge in [0.1, 0.15) is 11.4 Å². The normalized spacial score (nSPS) is 11.3. The minimum absolute atomic E-state index is 0.00879. The second-order valence-electron chi connectivity index (χ2n) is 9.39. The van der Waals surface area contributed by atoms with Crippen molar-refractivity contribution in [1.29, 1.82) is 0 Å². The first-order chi connectivity index (χ1) is 17.0. The predicted molar refractivity (Wildman–Crippen MR) is 144 cm³/mol. The van der Waals surface area contributed by atoms with Crippen LogP contribution in [0.5, 0.6) is 17.2 Å². The number of unbranched alkanes of at least 4 members (excludes halogenated alkanes) is 11. The lowest BCUT2D eigenvalue weighted by Crippen LogP contribution is -2.05. The summed E-state index contributed by atoms with van der Waals surface area (Å²) in [5.74, 6) is 0.131. The molecule has 0 atom stereocenters. The molecule has 0 aromatic heterocycles. The van der Waals surface area contributed by atoms with E-state index in [9.17, 15) is 15.0 Å². The summed E-state index contributed by atoms with van der Waals surface area (Å²) >= 11 is 0. The fourth-order valence-corrected chi connectivity index (χ4v) is 4.17. The number of carbonyl (C=O) groups excluding carboxylic acids is 1. The summed E-state index contributed by atoms with van der Waals surface area (Å²) < 4.78 is 10.6. The number of aliphatic imine (C=N–C) groups is 1. The monoisotopic (exact) mass is 491 g/mol. The van der Waals surface area contributed by atoms with Gasteiger partial charge in [0, 0.05) is 17.3 Å². The molecule has 1 rings (SSSR count). The van der Waals surface area contributed by atoms with Crippen molar-refractivity contribution in [1.82, 2.24) is 0 Å². The van der Waals surface area contributed by atoms with Crippen molar-refractivity contribution in [3.05, 3.63) is 11.1 Å². The van der Waals surface area contributed by atoms with E-state index < -0.39 is 0 Å². The number of benzene rings is 1. The zero-order chi connectivity index (χ0) is 25.9. The standard InChI is InChI=1S/C29H49NO5/c1-5-7-9-10-11-12-13-14-15-16-17-19-24-28(33)26(23(3)27(32)29(24)34-4)30-21-18-20-25(31)35-22-8-6-2/h21,32-33H,5-20,22H2,1-4H3. The Morgan fingerprint density at radius 2 is 1.43 bits per heavy atom. The Bertz CT molecular complexity index is 760. The minimum atomic E-state index is -0.249. The molecule has 0 spiro atoms. The molecule has 1 aromatic rings. The average molecular weight is 492 g/mol. The Hall–Kier alpha value is -2.24. The summed E-state index contributed by atoms with van der Waals surface area (Å²) in [5, 5.41) is 21.6. The maximum Gasteiger partial charge on any atom is 0.306 e. The number of ether oxygens (including phenoxy) is 2. The summed E-state index contributed by atoms with van der Waals surface area (Å²) in [5.41, 5.74) is 1.39. The van der Waals surface area contributed by atoms with E-state index in [1.807, 2.05) is 6.92 Å². The first kappa shape index (κ1) is 30.8. The van der Waals surface area contributed by atoms with Gasteiger partial charge in [-0.15, -0.1) is 0 Å². The van der Waals surface area contributed by atoms with Crippen LogP contribution in [0.1, 0.15) is 121 Å². The number of hydrogen-bond acceptors (Lipinski definition) is 6. The highest BCUT2D eigenvalue weighted by Gasteiger charge is 2.21. The number of hydrogen-bond donors (Lipinski definition) is 2. The lowest BCUT2D eigenvalue weighted by molar-refractivity contribution is -0.143. The van der Waals surface area contributed by atoms with E-state index >= 15 is 0 Å². The molecule has 0 saturated heterocycles. The third-order valence-corrected chi connectivity index (χ3v) is 6.40. The van der Waals surface area contributed by atoms with Gasteiger partial charge in [-0.25, -0.2) is 0 Å². The summed E-state index contributed by atoms with van der Waals surface area (Å²) in [6, 6.07) is 0. The third kappa shape index (κ3) is 11.8. The topological polar surface area (TPSA) is 88.4 Å². The lowest BCUT2D eigenvalue weighted by Gasteiger charge is -2.17. The first-order valence-corrected chi connectivity index (χ1v) is 13.8. The van der Waals surface area contributed by atoms with E-state index in [2.05, 4.69) is 11.9 Å². The van der Waals surface area contributed by atoms with E-state index in [0.29, 0.717) is 42.0 Å². The third-order valence-electron chi connectivity index (χ3n) is 6.40. The van der Waals surface area contributed by atoms with Gasteiger partial charge in [0.25, 0.3) is 0 Å². The molecule has 6 heteroatoms. The molecule has 2 N–H and O–H groups in total. The Morgan fingerprint density at radius 1 is 0.857 bits per heavy atom. The van der Waals surface area contributed by atoms with Crippen molar-refractivity contribution in [2.45, 2.75) is 124 Å². The summed E-state index contributed by atoms with van der Waals surface area (Å²) in [4.78, 5) is 16.1. The zero-order valence-corrected chi connectivity index (χ0v) is 22.7. The largest absolute Gasteiger partial charge is 0.505 e. The maximum absolute atomic E-state index is 11.7. The highest BCUT2D eigenvalue weighted by molar-refractivity contribution is 5.78. The molecule has 0 bridgehead atoms. The molecular formula is C29H49NO5. The van der Waals surface area contributed by atoms with Crippen molar-refractivity contribution >= 4 is 17.9 Å². The van der Waals surface area contributed by atoms with Crippen LogP contribution in [0.25, 0.3) is 0 Å². The number of carbonyl (C=O) groups is 1. The fourth-order valence-electron chi connectivity index (χ4n) is 4.17. The highest BCUT2D eigenvalue weighted by Crippen LogP contribution is 2.47. The van der Waals surface area contributed by atoms with Crippen LogP contribution < -0.4 is 4.74 Å². The SMILES string of the molecule is CCCCCCCCCCCCCc1c(O)c(N=CCCC(=O)OCCCC)c(C)c(O)c1OC. The van der Waals surface area contributed by atoms with Crippen molar-refractivity contribution in [3.8, 4) is 17.2 Å². The van der Waals surface area contributed by atoms with Gasteiger partial charge < -0.3 is 19.7 Å². The molecule has 0 saturated carbocycles. The van der Waals surface area contributed by atoms with Crippen molar-refractivity contribution in [2.24, 2.45) is 4.99 Å². The van der Waals surface area contributed by atoms with Crippen LogP contribution in [0.2, 0.25) is 0 Å². The van der Waals surface area contributed by atoms with Gasteiger partial charge in [0.15, 0.2) is 11.5 Å². The van der Waals surface area contributed by atoms with E-state index in [4.69, 9.17) is 9.47 Å². The van der Waals surface area contributed by atoms with Gasteiger partial charge in [0.05, 0.1) is 20.1 Å². The molecule has 0 heterocycles. The molecule has 0 unspecified atom stereocenters. The van der Waals surface area contributed by atoms with Gasteiger partial charge in [-0.3, -0.25) is 9.79 Å². The van der Waals surface area contributed by atoms with Crippen LogP contribution in [0, 0.1) is 6.92 Å². The smallest absolute Gasteiger partial charge is 0.306 e. The average Bonchev–Trinajstić information content (AvgIpc) is 2.85. The first-order valence-electron chi connectivity index (χ1n) is 13.8. The Labute approximate surface area is 213 Å². The number of nitrogens with zero attached hydrogens (tertiary/aromatic N) is 1. The van der Waals surface area contributed by atoms with E-state index in [1.165, 1.54) is 64.9 Å². The number of esters is 1. The number of phenolic OH excluding ortho intramolecular Hbond substituents is 2. The Kier molecular flexibility index (Phi) is 16.7. The summed E-state index contributed by atoms with van der Waals surface area (Å²) in [7, 11) is 1.50. The highest BCUT2D eigenvalue weighted by atomic mass is 16.5. The quantitative estimate of drug-likeness (QED) is 0.0832. The molecule has 0 aliphatic rings. The van der Waals surface area contributed by atoms with E-state index in [1.54, 1.807) is 13.1 Å². The molecule has 0 aliphatic carbocycles. The molecular weight excluding hydrogens is 442 g/mol. The lowest BCUT2D eigenvalue weighted by atomic mass is 9.99.